The van der Waals surface area contributed by atoms with Crippen LogP contribution in [0.1, 0.15) is 18.2 Å². The van der Waals surface area contributed by atoms with Crippen molar-refractivity contribution in [2.24, 2.45) is 0 Å². The smallest absolute Gasteiger partial charge is 0.173 e. The molecule has 0 bridgehead atoms. The second-order valence-electron chi connectivity index (χ2n) is 4.91. The van der Waals surface area contributed by atoms with Gasteiger partial charge in [0.2, 0.25) is 0 Å². The molecule has 1 aromatic heterocycles. The third-order valence-corrected chi connectivity index (χ3v) is 3.93. The van der Waals surface area contributed by atoms with Gasteiger partial charge in [-0.15, -0.1) is 0 Å². The number of hydrogen-bond donors (Lipinski definition) is 1. The molecule has 1 heterocycles. The Labute approximate surface area is 135 Å². The Bertz CT molecular complexity index is 638. The van der Waals surface area contributed by atoms with Gasteiger partial charge in [0.25, 0.3) is 0 Å². The second kappa shape index (κ2) is 6.91. The van der Waals surface area contributed by atoms with Crippen molar-refractivity contribution in [2.45, 2.75) is 26.9 Å². The SMILES string of the molecule is CCn1ncc(Cl)c1CN(C)C(=S)Nc1cccc(C)c1. The highest BCUT2D eigenvalue weighted by atomic mass is 35.5. The van der Waals surface area contributed by atoms with Crippen molar-refractivity contribution >= 4 is 34.6 Å². The molecule has 0 saturated heterocycles. The van der Waals surface area contributed by atoms with Gasteiger partial charge in [0.05, 0.1) is 23.5 Å². The first-order valence-corrected chi connectivity index (χ1v) is 7.59. The number of nitrogens with one attached hydrogen (secondary N) is 1. The Morgan fingerprint density at radius 3 is 2.90 bits per heavy atom. The molecule has 2 aromatic rings. The first-order chi connectivity index (χ1) is 10.0. The number of thiocarbonyl (C=S) groups is 1. The van der Waals surface area contributed by atoms with E-state index in [0.29, 0.717) is 16.7 Å². The van der Waals surface area contributed by atoms with Crippen LogP contribution in [0.5, 0.6) is 0 Å². The molecule has 0 aliphatic rings. The minimum Gasteiger partial charge on any atom is -0.346 e. The van der Waals surface area contributed by atoms with Crippen LogP contribution in [0, 0.1) is 6.92 Å². The lowest BCUT2D eigenvalue weighted by Gasteiger charge is -2.21. The number of aromatic nitrogens is 2. The van der Waals surface area contributed by atoms with E-state index in [1.807, 2.05) is 35.7 Å². The van der Waals surface area contributed by atoms with Crippen molar-refractivity contribution in [2.75, 3.05) is 12.4 Å². The van der Waals surface area contributed by atoms with E-state index in [-0.39, 0.29) is 0 Å². The number of rotatable bonds is 4. The minimum absolute atomic E-state index is 0.615. The van der Waals surface area contributed by atoms with Gasteiger partial charge in [0.1, 0.15) is 0 Å². The van der Waals surface area contributed by atoms with Crippen LogP contribution in [0.15, 0.2) is 30.5 Å². The first kappa shape index (κ1) is 15.8. The number of nitrogens with zero attached hydrogens (tertiary/aromatic N) is 3. The lowest BCUT2D eigenvalue weighted by atomic mass is 10.2. The maximum absolute atomic E-state index is 6.18. The quantitative estimate of drug-likeness (QED) is 0.870. The van der Waals surface area contributed by atoms with E-state index in [0.717, 1.165) is 17.9 Å². The Hall–Kier alpha value is -1.59. The van der Waals surface area contributed by atoms with Gasteiger partial charge in [-0.05, 0) is 43.8 Å². The van der Waals surface area contributed by atoms with Gasteiger partial charge in [0.15, 0.2) is 5.11 Å². The topological polar surface area (TPSA) is 33.1 Å². The van der Waals surface area contributed by atoms with Gasteiger partial charge in [-0.1, -0.05) is 23.7 Å². The number of aryl methyl sites for hydroxylation is 2. The molecule has 0 fully saturated rings. The molecule has 4 nitrogen and oxygen atoms in total. The van der Waals surface area contributed by atoms with Crippen LogP contribution in [-0.2, 0) is 13.1 Å². The number of anilines is 1. The summed E-state index contributed by atoms with van der Waals surface area (Å²) in [5.74, 6) is 0. The molecular formula is C15H19ClN4S. The fraction of sp³-hybridized carbons (Fsp3) is 0.333. The minimum atomic E-state index is 0.615. The Morgan fingerprint density at radius 2 is 2.24 bits per heavy atom. The van der Waals surface area contributed by atoms with Gasteiger partial charge in [-0.25, -0.2) is 0 Å². The molecule has 1 N–H and O–H groups in total. The van der Waals surface area contributed by atoms with E-state index in [9.17, 15) is 0 Å². The summed E-state index contributed by atoms with van der Waals surface area (Å²) in [5.41, 5.74) is 3.15. The van der Waals surface area contributed by atoms with Gasteiger partial charge in [-0.2, -0.15) is 5.10 Å². The van der Waals surface area contributed by atoms with Crippen LogP contribution in [-0.4, -0.2) is 26.8 Å². The molecule has 0 saturated carbocycles. The lowest BCUT2D eigenvalue weighted by Crippen LogP contribution is -2.31. The molecule has 1 aromatic carbocycles. The summed E-state index contributed by atoms with van der Waals surface area (Å²) in [6, 6.07) is 8.11. The molecule has 6 heteroatoms. The van der Waals surface area contributed by atoms with Crippen molar-refractivity contribution in [1.29, 1.82) is 0 Å². The lowest BCUT2D eigenvalue weighted by molar-refractivity contribution is 0.471. The van der Waals surface area contributed by atoms with Gasteiger partial charge < -0.3 is 10.2 Å². The van der Waals surface area contributed by atoms with Crippen molar-refractivity contribution in [3.05, 3.63) is 46.7 Å². The maximum Gasteiger partial charge on any atom is 0.173 e. The van der Waals surface area contributed by atoms with Crippen LogP contribution in [0.3, 0.4) is 0 Å². The Morgan fingerprint density at radius 1 is 1.48 bits per heavy atom. The number of hydrogen-bond acceptors (Lipinski definition) is 2. The van der Waals surface area contributed by atoms with Crippen LogP contribution in [0.2, 0.25) is 5.02 Å². The molecule has 0 atom stereocenters. The van der Waals surface area contributed by atoms with E-state index < -0.39 is 0 Å². The molecule has 0 aliphatic carbocycles. The number of halogens is 1. The number of benzene rings is 1. The summed E-state index contributed by atoms with van der Waals surface area (Å²) in [6.07, 6.45) is 1.67. The summed E-state index contributed by atoms with van der Waals surface area (Å²) in [5, 5.41) is 8.79. The monoisotopic (exact) mass is 322 g/mol. The highest BCUT2D eigenvalue weighted by Gasteiger charge is 2.13. The molecule has 0 radical (unpaired) electrons. The summed E-state index contributed by atoms with van der Waals surface area (Å²) < 4.78 is 1.88. The highest BCUT2D eigenvalue weighted by molar-refractivity contribution is 7.80. The van der Waals surface area contributed by atoms with E-state index in [2.05, 4.69) is 29.5 Å². The normalized spacial score (nSPS) is 10.5. The Balaban J connectivity index is 2.04. The summed E-state index contributed by atoms with van der Waals surface area (Å²) in [7, 11) is 1.94. The van der Waals surface area contributed by atoms with Crippen LogP contribution < -0.4 is 5.32 Å². The molecule has 0 aliphatic heterocycles. The van der Waals surface area contributed by atoms with Crippen LogP contribution in [0.25, 0.3) is 0 Å². The Kier molecular flexibility index (Phi) is 5.20. The standard InChI is InChI=1S/C15H19ClN4S/c1-4-20-14(13(16)9-17-20)10-19(3)15(21)18-12-7-5-6-11(2)8-12/h5-9H,4,10H2,1-3H3,(H,18,21). The highest BCUT2D eigenvalue weighted by Crippen LogP contribution is 2.17. The summed E-state index contributed by atoms with van der Waals surface area (Å²) in [4.78, 5) is 1.95. The zero-order chi connectivity index (χ0) is 15.4. The average Bonchev–Trinajstić information content (AvgIpc) is 2.79. The molecule has 21 heavy (non-hydrogen) atoms. The summed E-state index contributed by atoms with van der Waals surface area (Å²) >= 11 is 11.6. The fourth-order valence-electron chi connectivity index (χ4n) is 2.06. The van der Waals surface area contributed by atoms with Crippen molar-refractivity contribution in [3.63, 3.8) is 0 Å². The fourth-order valence-corrected chi connectivity index (χ4v) is 2.44. The van der Waals surface area contributed by atoms with Gasteiger partial charge >= 0.3 is 0 Å². The van der Waals surface area contributed by atoms with Gasteiger partial charge in [-0.3, -0.25) is 4.68 Å². The molecule has 0 spiro atoms. The molecule has 112 valence electrons. The average molecular weight is 323 g/mol. The first-order valence-electron chi connectivity index (χ1n) is 6.80. The van der Waals surface area contributed by atoms with Crippen LogP contribution >= 0.6 is 23.8 Å². The van der Waals surface area contributed by atoms with Crippen LogP contribution in [0.4, 0.5) is 5.69 Å². The largest absolute Gasteiger partial charge is 0.346 e. The molecule has 0 amide bonds. The maximum atomic E-state index is 6.18. The van der Waals surface area contributed by atoms with E-state index >= 15 is 0 Å². The van der Waals surface area contributed by atoms with Gasteiger partial charge in [0, 0.05) is 19.3 Å². The van der Waals surface area contributed by atoms with Crippen molar-refractivity contribution in [1.82, 2.24) is 14.7 Å². The zero-order valence-corrected chi connectivity index (χ0v) is 14.0. The van der Waals surface area contributed by atoms with E-state index in [4.69, 9.17) is 23.8 Å². The second-order valence-corrected chi connectivity index (χ2v) is 5.70. The predicted molar refractivity (Wildman–Crippen MR) is 91.8 cm³/mol. The third-order valence-electron chi connectivity index (χ3n) is 3.20. The van der Waals surface area contributed by atoms with E-state index in [1.54, 1.807) is 6.20 Å². The van der Waals surface area contributed by atoms with Crippen molar-refractivity contribution < 1.29 is 0 Å². The molecule has 2 rings (SSSR count). The van der Waals surface area contributed by atoms with Crippen molar-refractivity contribution in [3.8, 4) is 0 Å². The summed E-state index contributed by atoms with van der Waals surface area (Å²) in [6.45, 7) is 5.49. The van der Waals surface area contributed by atoms with E-state index in [1.165, 1.54) is 5.56 Å². The predicted octanol–water partition coefficient (Wildman–Crippen LogP) is 3.69. The zero-order valence-electron chi connectivity index (χ0n) is 12.4. The molecular weight excluding hydrogens is 304 g/mol. The molecule has 0 unspecified atom stereocenters. The third kappa shape index (κ3) is 3.95.